The van der Waals surface area contributed by atoms with Crippen LogP contribution in [0.4, 0.5) is 11.4 Å². The lowest BCUT2D eigenvalue weighted by Crippen LogP contribution is -2.53. The number of nitrogens with one attached hydrogen (secondary N) is 3. The lowest BCUT2D eigenvalue weighted by atomic mass is 9.68. The van der Waals surface area contributed by atoms with E-state index in [2.05, 4.69) is 27.5 Å². The van der Waals surface area contributed by atoms with E-state index in [-0.39, 0.29) is 17.0 Å². The van der Waals surface area contributed by atoms with Gasteiger partial charge in [0, 0.05) is 47.0 Å². The van der Waals surface area contributed by atoms with E-state index in [1.54, 1.807) is 18.5 Å². The standard InChI is InChI=1S/C31H33N5O2/c1-30-16-20-3-2-4-23(18-30)31(17-20,19-30)35-29(38)21-5-7-24(8-6-21)34-25-9-10-26(36-14-13-33-28(25)36)22-11-12-32-27(37)15-22/h5-15,20,23,34H,2-4,16-19H2,1H3,(H,32,37)(H,35,38)/t20-,23+,30-,31-/m1/s1. The minimum atomic E-state index is -0.143. The molecule has 3 aliphatic carbocycles. The molecule has 3 aliphatic rings. The zero-order valence-corrected chi connectivity index (χ0v) is 21.7. The Bertz CT molecular complexity index is 1590. The molecule has 0 spiro atoms. The number of H-pyrrole nitrogens is 1. The molecule has 0 unspecified atom stereocenters. The summed E-state index contributed by atoms with van der Waals surface area (Å²) in [7, 11) is 0. The van der Waals surface area contributed by atoms with Crippen LogP contribution in [0.25, 0.3) is 16.9 Å². The van der Waals surface area contributed by atoms with Crippen molar-refractivity contribution in [3.05, 3.63) is 83.0 Å². The van der Waals surface area contributed by atoms with Crippen molar-refractivity contribution >= 4 is 22.9 Å². The van der Waals surface area contributed by atoms with E-state index in [1.165, 1.54) is 32.1 Å². The normalized spacial score (nSPS) is 27.8. The predicted octanol–water partition coefficient (Wildman–Crippen LogP) is 5.91. The van der Waals surface area contributed by atoms with Crippen molar-refractivity contribution in [2.75, 3.05) is 5.32 Å². The molecule has 38 heavy (non-hydrogen) atoms. The number of hydrogen-bond donors (Lipinski definition) is 3. The SMILES string of the molecule is C[C@@]12C[C@H]3CCC[C@@H](C1)[C@@](NC(=O)c1ccc(Nc4ccc(-c5cc[nH]c(=O)c5)n5ccnc45)cc1)(C3)C2. The predicted molar refractivity (Wildman–Crippen MR) is 149 cm³/mol. The van der Waals surface area contributed by atoms with Crippen LogP contribution in [0.1, 0.15) is 62.2 Å². The Balaban J connectivity index is 1.10. The fourth-order valence-corrected chi connectivity index (χ4v) is 7.99. The molecule has 3 N–H and O–H groups in total. The van der Waals surface area contributed by atoms with Crippen LogP contribution in [0.2, 0.25) is 0 Å². The average molecular weight is 508 g/mol. The highest BCUT2D eigenvalue weighted by atomic mass is 16.2. The number of aromatic amines is 1. The van der Waals surface area contributed by atoms with Gasteiger partial charge in [-0.05, 0) is 91.8 Å². The summed E-state index contributed by atoms with van der Waals surface area (Å²) in [4.78, 5) is 32.4. The van der Waals surface area contributed by atoms with E-state index in [4.69, 9.17) is 0 Å². The summed E-state index contributed by atoms with van der Waals surface area (Å²) >= 11 is 0. The first-order chi connectivity index (χ1) is 18.4. The Hall–Kier alpha value is -3.87. The fraction of sp³-hybridized carbons (Fsp3) is 0.387. The van der Waals surface area contributed by atoms with E-state index in [0.29, 0.717) is 16.9 Å². The van der Waals surface area contributed by atoms with Gasteiger partial charge in [-0.1, -0.05) is 19.8 Å². The summed E-state index contributed by atoms with van der Waals surface area (Å²) < 4.78 is 1.97. The van der Waals surface area contributed by atoms with Gasteiger partial charge in [0.25, 0.3) is 5.91 Å². The van der Waals surface area contributed by atoms with Crippen LogP contribution in [0.15, 0.2) is 71.9 Å². The smallest absolute Gasteiger partial charge is 0.251 e. The number of carbonyl (C=O) groups is 1. The van der Waals surface area contributed by atoms with Crippen molar-refractivity contribution in [1.82, 2.24) is 19.7 Å². The molecule has 1 aromatic carbocycles. The van der Waals surface area contributed by atoms with Gasteiger partial charge in [-0.3, -0.25) is 14.0 Å². The van der Waals surface area contributed by atoms with Crippen LogP contribution in [0, 0.1) is 17.3 Å². The number of rotatable bonds is 5. The van der Waals surface area contributed by atoms with Gasteiger partial charge in [0.2, 0.25) is 5.56 Å². The molecule has 194 valence electrons. The van der Waals surface area contributed by atoms with E-state index >= 15 is 0 Å². The Kier molecular flexibility index (Phi) is 5.25. The Morgan fingerprint density at radius 1 is 1.08 bits per heavy atom. The number of aromatic nitrogens is 3. The number of amides is 1. The topological polar surface area (TPSA) is 91.3 Å². The molecule has 7 rings (SSSR count). The maximum absolute atomic E-state index is 13.4. The number of benzene rings is 1. The molecule has 3 fully saturated rings. The molecular weight excluding hydrogens is 474 g/mol. The molecule has 3 heterocycles. The summed E-state index contributed by atoms with van der Waals surface area (Å²) in [6.45, 7) is 2.44. The van der Waals surface area contributed by atoms with Gasteiger partial charge in [-0.15, -0.1) is 0 Å². The second-order valence-electron chi connectivity index (χ2n) is 12.1. The average Bonchev–Trinajstić information content (AvgIpc) is 3.42. The molecule has 0 aliphatic heterocycles. The summed E-state index contributed by atoms with van der Waals surface area (Å²) in [6.07, 6.45) is 14.0. The molecule has 1 amide bonds. The molecule has 7 heteroatoms. The summed E-state index contributed by atoms with van der Waals surface area (Å²) in [5.41, 5.74) is 5.12. The second kappa shape index (κ2) is 8.58. The van der Waals surface area contributed by atoms with E-state index in [9.17, 15) is 9.59 Å². The Morgan fingerprint density at radius 3 is 2.79 bits per heavy atom. The van der Waals surface area contributed by atoms with Crippen LogP contribution < -0.4 is 16.2 Å². The Labute approximate surface area is 221 Å². The first-order valence-electron chi connectivity index (χ1n) is 13.7. The van der Waals surface area contributed by atoms with E-state index in [1.807, 2.05) is 53.1 Å². The molecule has 0 saturated heterocycles. The zero-order valence-electron chi connectivity index (χ0n) is 21.7. The number of carbonyl (C=O) groups excluding carboxylic acids is 1. The number of pyridine rings is 2. The molecule has 3 bridgehead atoms. The fourth-order valence-electron chi connectivity index (χ4n) is 7.99. The first kappa shape index (κ1) is 23.3. The highest BCUT2D eigenvalue weighted by molar-refractivity contribution is 5.95. The summed E-state index contributed by atoms with van der Waals surface area (Å²) in [6, 6.07) is 15.1. The highest BCUT2D eigenvalue weighted by Gasteiger charge is 2.58. The van der Waals surface area contributed by atoms with Crippen LogP contribution >= 0.6 is 0 Å². The molecule has 3 saturated carbocycles. The van der Waals surface area contributed by atoms with Crippen molar-refractivity contribution in [1.29, 1.82) is 0 Å². The molecule has 4 aromatic rings. The molecule has 0 radical (unpaired) electrons. The third kappa shape index (κ3) is 3.92. The van der Waals surface area contributed by atoms with E-state index < -0.39 is 0 Å². The number of fused-ring (bicyclic) bond motifs is 3. The van der Waals surface area contributed by atoms with Gasteiger partial charge >= 0.3 is 0 Å². The lowest BCUT2D eigenvalue weighted by Gasteiger charge is -2.43. The van der Waals surface area contributed by atoms with Gasteiger partial charge in [0.15, 0.2) is 5.65 Å². The number of hydrogen-bond acceptors (Lipinski definition) is 4. The van der Waals surface area contributed by atoms with Crippen molar-refractivity contribution < 1.29 is 4.79 Å². The Morgan fingerprint density at radius 2 is 1.95 bits per heavy atom. The van der Waals surface area contributed by atoms with Gasteiger partial charge in [-0.2, -0.15) is 0 Å². The van der Waals surface area contributed by atoms with Gasteiger partial charge < -0.3 is 15.6 Å². The second-order valence-corrected chi connectivity index (χ2v) is 12.1. The van der Waals surface area contributed by atoms with E-state index in [0.717, 1.165) is 47.0 Å². The maximum atomic E-state index is 13.4. The number of anilines is 2. The van der Waals surface area contributed by atoms with Gasteiger partial charge in [0.05, 0.1) is 11.4 Å². The highest BCUT2D eigenvalue weighted by Crippen LogP contribution is 2.61. The van der Waals surface area contributed by atoms with Crippen molar-refractivity contribution in [2.24, 2.45) is 17.3 Å². The van der Waals surface area contributed by atoms with Crippen LogP contribution in [-0.4, -0.2) is 25.8 Å². The molecular formula is C31H33N5O2. The minimum Gasteiger partial charge on any atom is -0.352 e. The number of nitrogens with zero attached hydrogens (tertiary/aromatic N) is 2. The van der Waals surface area contributed by atoms with Gasteiger partial charge in [0.1, 0.15) is 0 Å². The summed E-state index contributed by atoms with van der Waals surface area (Å²) in [5.74, 6) is 1.41. The largest absolute Gasteiger partial charge is 0.352 e. The molecule has 4 atom stereocenters. The third-order valence-corrected chi connectivity index (χ3v) is 9.27. The van der Waals surface area contributed by atoms with Crippen molar-refractivity contribution in [3.63, 3.8) is 0 Å². The zero-order chi connectivity index (χ0) is 25.9. The van der Waals surface area contributed by atoms with Crippen LogP contribution in [0.5, 0.6) is 0 Å². The van der Waals surface area contributed by atoms with Crippen molar-refractivity contribution in [2.45, 2.75) is 57.4 Å². The maximum Gasteiger partial charge on any atom is 0.251 e. The summed E-state index contributed by atoms with van der Waals surface area (Å²) in [5, 5.41) is 7.00. The minimum absolute atomic E-state index is 0.0279. The third-order valence-electron chi connectivity index (χ3n) is 9.27. The van der Waals surface area contributed by atoms with Crippen LogP contribution in [-0.2, 0) is 0 Å². The molecule has 7 nitrogen and oxygen atoms in total. The van der Waals surface area contributed by atoms with Crippen LogP contribution in [0.3, 0.4) is 0 Å². The first-order valence-corrected chi connectivity index (χ1v) is 13.7. The number of imidazole rings is 1. The molecule has 3 aromatic heterocycles. The lowest BCUT2D eigenvalue weighted by molar-refractivity contribution is 0.0782. The van der Waals surface area contributed by atoms with Gasteiger partial charge in [-0.25, -0.2) is 4.98 Å². The van der Waals surface area contributed by atoms with Crippen molar-refractivity contribution in [3.8, 4) is 11.3 Å². The monoisotopic (exact) mass is 507 g/mol. The quantitative estimate of drug-likeness (QED) is 0.313.